The van der Waals surface area contributed by atoms with Gasteiger partial charge in [-0.15, -0.1) is 0 Å². The van der Waals surface area contributed by atoms with E-state index in [-0.39, 0.29) is 17.9 Å². The van der Waals surface area contributed by atoms with Crippen LogP contribution >= 0.6 is 0 Å². The minimum Gasteiger partial charge on any atom is -0.381 e. The summed E-state index contributed by atoms with van der Waals surface area (Å²) in [6.07, 6.45) is 7.04. The van der Waals surface area contributed by atoms with Crippen LogP contribution < -0.4 is 16.4 Å². The highest BCUT2D eigenvalue weighted by Gasteiger charge is 2.41. The number of fused-ring (bicyclic) bond motifs is 1. The fourth-order valence-electron chi connectivity index (χ4n) is 4.17. The van der Waals surface area contributed by atoms with E-state index < -0.39 is 5.41 Å². The molecule has 22 heavy (non-hydrogen) atoms. The molecule has 124 valence electrons. The van der Waals surface area contributed by atoms with Gasteiger partial charge in [0.2, 0.25) is 11.8 Å². The Bertz CT molecular complexity index is 420. The van der Waals surface area contributed by atoms with Crippen LogP contribution in [0, 0.1) is 11.3 Å². The van der Waals surface area contributed by atoms with Crippen LogP contribution in [-0.4, -0.2) is 43.7 Å². The summed E-state index contributed by atoms with van der Waals surface area (Å²) in [7, 11) is 0. The average molecular weight is 309 g/mol. The van der Waals surface area contributed by atoms with Crippen molar-refractivity contribution in [3.63, 3.8) is 0 Å². The molecule has 6 heteroatoms. The molecule has 0 aromatic rings. The molecule has 6 nitrogen and oxygen atoms in total. The van der Waals surface area contributed by atoms with E-state index in [0.29, 0.717) is 44.6 Å². The quantitative estimate of drug-likeness (QED) is 0.696. The van der Waals surface area contributed by atoms with Gasteiger partial charge in [0.1, 0.15) is 0 Å². The van der Waals surface area contributed by atoms with Crippen molar-refractivity contribution >= 4 is 11.8 Å². The molecule has 1 aliphatic carbocycles. The second-order valence-corrected chi connectivity index (χ2v) is 7.08. The van der Waals surface area contributed by atoms with Crippen molar-refractivity contribution in [1.82, 2.24) is 10.6 Å². The summed E-state index contributed by atoms with van der Waals surface area (Å²) in [4.78, 5) is 24.3. The highest BCUT2D eigenvalue weighted by Crippen LogP contribution is 2.33. The maximum atomic E-state index is 12.4. The fraction of sp³-hybridized carbons (Fsp3) is 0.875. The Kier molecular flexibility index (Phi) is 4.68. The molecular weight excluding hydrogens is 282 g/mol. The van der Waals surface area contributed by atoms with E-state index in [1.165, 1.54) is 25.7 Å². The van der Waals surface area contributed by atoms with Gasteiger partial charge in [-0.25, -0.2) is 0 Å². The van der Waals surface area contributed by atoms with Crippen LogP contribution in [0.3, 0.4) is 0 Å². The van der Waals surface area contributed by atoms with Crippen LogP contribution in [0.4, 0.5) is 0 Å². The molecule has 0 spiro atoms. The average Bonchev–Trinajstić information content (AvgIpc) is 2.97. The van der Waals surface area contributed by atoms with Gasteiger partial charge >= 0.3 is 0 Å². The zero-order valence-corrected chi connectivity index (χ0v) is 13.1. The van der Waals surface area contributed by atoms with Crippen molar-refractivity contribution in [3.8, 4) is 0 Å². The Morgan fingerprint density at radius 1 is 1.23 bits per heavy atom. The molecule has 0 aromatic heterocycles. The molecule has 3 rings (SSSR count). The number of ether oxygens (including phenoxy) is 1. The molecule has 2 aliphatic heterocycles. The van der Waals surface area contributed by atoms with Crippen molar-refractivity contribution in [3.05, 3.63) is 0 Å². The van der Waals surface area contributed by atoms with Crippen LogP contribution in [0.25, 0.3) is 0 Å². The Balaban J connectivity index is 1.54. The lowest BCUT2D eigenvalue weighted by Crippen LogP contribution is -2.52. The number of nitrogens with two attached hydrogens (primary N) is 1. The largest absolute Gasteiger partial charge is 0.381 e. The molecule has 2 amide bonds. The molecule has 4 N–H and O–H groups in total. The number of nitrogens with one attached hydrogen (secondary N) is 2. The summed E-state index contributed by atoms with van der Waals surface area (Å²) in [6.45, 7) is 1.40. The van der Waals surface area contributed by atoms with E-state index in [9.17, 15) is 9.59 Å². The molecule has 2 saturated heterocycles. The Morgan fingerprint density at radius 2 is 1.95 bits per heavy atom. The molecule has 3 aliphatic rings. The van der Waals surface area contributed by atoms with E-state index in [1.807, 2.05) is 0 Å². The second kappa shape index (κ2) is 6.54. The third-order valence-corrected chi connectivity index (χ3v) is 5.75. The number of amides is 2. The number of hydrogen-bond acceptors (Lipinski definition) is 4. The van der Waals surface area contributed by atoms with Gasteiger partial charge in [0.05, 0.1) is 11.5 Å². The van der Waals surface area contributed by atoms with Crippen molar-refractivity contribution < 1.29 is 14.3 Å². The van der Waals surface area contributed by atoms with Gasteiger partial charge < -0.3 is 21.1 Å². The van der Waals surface area contributed by atoms with E-state index >= 15 is 0 Å². The summed E-state index contributed by atoms with van der Waals surface area (Å²) in [5, 5.41) is 6.44. The van der Waals surface area contributed by atoms with Crippen LogP contribution in [0.15, 0.2) is 0 Å². The lowest BCUT2D eigenvalue weighted by Gasteiger charge is -2.34. The van der Waals surface area contributed by atoms with Gasteiger partial charge in [0.25, 0.3) is 0 Å². The van der Waals surface area contributed by atoms with Gasteiger partial charge in [0, 0.05) is 25.8 Å². The molecule has 0 aromatic carbocycles. The van der Waals surface area contributed by atoms with Crippen molar-refractivity contribution in [2.24, 2.45) is 17.1 Å². The van der Waals surface area contributed by atoms with E-state index in [1.54, 1.807) is 0 Å². The highest BCUT2D eigenvalue weighted by molar-refractivity contribution is 5.85. The van der Waals surface area contributed by atoms with Gasteiger partial charge in [-0.3, -0.25) is 9.59 Å². The lowest BCUT2D eigenvalue weighted by molar-refractivity contribution is -0.134. The summed E-state index contributed by atoms with van der Waals surface area (Å²) in [6, 6.07) is 0.385. The summed E-state index contributed by atoms with van der Waals surface area (Å²) < 4.78 is 5.31. The number of hydrogen-bond donors (Lipinski definition) is 3. The standard InChI is InChI=1S/C16H27N3O3/c17-15(21)16(5-7-22-8-6-16)10-18-14(20)13-9-11-3-1-2-4-12(11)19-13/h11-13,19H,1-10H2,(H2,17,21)(H,18,20). The zero-order chi connectivity index (χ0) is 15.6. The number of carbonyl (C=O) groups excluding carboxylic acids is 2. The zero-order valence-electron chi connectivity index (χ0n) is 13.1. The monoisotopic (exact) mass is 309 g/mol. The summed E-state index contributed by atoms with van der Waals surface area (Å²) in [5.41, 5.74) is 4.94. The van der Waals surface area contributed by atoms with Gasteiger partial charge in [0.15, 0.2) is 0 Å². The lowest BCUT2D eigenvalue weighted by atomic mass is 9.79. The second-order valence-electron chi connectivity index (χ2n) is 7.08. The predicted molar refractivity (Wildman–Crippen MR) is 82.0 cm³/mol. The van der Waals surface area contributed by atoms with Gasteiger partial charge in [-0.1, -0.05) is 12.8 Å². The highest BCUT2D eigenvalue weighted by atomic mass is 16.5. The topological polar surface area (TPSA) is 93.5 Å². The van der Waals surface area contributed by atoms with Gasteiger partial charge in [-0.2, -0.15) is 0 Å². The first kappa shape index (κ1) is 15.7. The van der Waals surface area contributed by atoms with Crippen LogP contribution in [0.5, 0.6) is 0 Å². The number of rotatable bonds is 4. The molecule has 3 unspecified atom stereocenters. The smallest absolute Gasteiger partial charge is 0.237 e. The van der Waals surface area contributed by atoms with E-state index in [0.717, 1.165) is 6.42 Å². The molecule has 0 radical (unpaired) electrons. The molecule has 3 fully saturated rings. The maximum Gasteiger partial charge on any atom is 0.237 e. The van der Waals surface area contributed by atoms with Gasteiger partial charge in [-0.05, 0) is 38.0 Å². The minimum atomic E-state index is -0.640. The molecule has 1 saturated carbocycles. The van der Waals surface area contributed by atoms with Crippen LogP contribution in [0.1, 0.15) is 44.9 Å². The Morgan fingerprint density at radius 3 is 2.64 bits per heavy atom. The van der Waals surface area contributed by atoms with E-state index in [2.05, 4.69) is 10.6 Å². The first-order chi connectivity index (χ1) is 10.6. The summed E-state index contributed by atoms with van der Waals surface area (Å²) in [5.74, 6) is 0.323. The van der Waals surface area contributed by atoms with Crippen molar-refractivity contribution in [1.29, 1.82) is 0 Å². The number of carbonyl (C=O) groups is 2. The molecule has 0 bridgehead atoms. The van der Waals surface area contributed by atoms with Crippen molar-refractivity contribution in [2.45, 2.75) is 57.0 Å². The van der Waals surface area contributed by atoms with Crippen LogP contribution in [-0.2, 0) is 14.3 Å². The first-order valence-corrected chi connectivity index (χ1v) is 8.52. The Labute approximate surface area is 131 Å². The number of primary amides is 1. The van der Waals surface area contributed by atoms with E-state index in [4.69, 9.17) is 10.5 Å². The SMILES string of the molecule is NC(=O)C1(CNC(=O)C2CC3CCCCC3N2)CCOCC1. The first-order valence-electron chi connectivity index (χ1n) is 8.52. The van der Waals surface area contributed by atoms with Crippen molar-refractivity contribution in [2.75, 3.05) is 19.8 Å². The molecule has 3 atom stereocenters. The molecular formula is C16H27N3O3. The third-order valence-electron chi connectivity index (χ3n) is 5.75. The maximum absolute atomic E-state index is 12.4. The third kappa shape index (κ3) is 3.13. The van der Waals surface area contributed by atoms with Crippen LogP contribution in [0.2, 0.25) is 0 Å². The minimum absolute atomic E-state index is 0.0153. The predicted octanol–water partition coefficient (Wildman–Crippen LogP) is 0.305. The normalized spacial score (nSPS) is 33.9. The molecule has 2 heterocycles. The summed E-state index contributed by atoms with van der Waals surface area (Å²) >= 11 is 0. The Hall–Kier alpha value is -1.14. The fourth-order valence-corrected chi connectivity index (χ4v) is 4.17.